The van der Waals surface area contributed by atoms with Crippen LogP contribution < -0.4 is 0 Å². The van der Waals surface area contributed by atoms with Gasteiger partial charge in [0.05, 0.1) is 18.0 Å². The number of thioether (sulfide) groups is 1. The van der Waals surface area contributed by atoms with Gasteiger partial charge in [-0.2, -0.15) is 0 Å². The normalized spacial score (nSPS) is 34.8. The molecule has 3 aliphatic heterocycles. The molecule has 1 aromatic rings. The van der Waals surface area contributed by atoms with Crippen molar-refractivity contribution in [1.29, 1.82) is 0 Å². The molecule has 3 heterocycles. The van der Waals surface area contributed by atoms with Crippen LogP contribution in [0.3, 0.4) is 0 Å². The van der Waals surface area contributed by atoms with Crippen LogP contribution in [0, 0.1) is 0 Å². The molecule has 3 aliphatic rings. The van der Waals surface area contributed by atoms with Gasteiger partial charge in [-0.05, 0) is 37.8 Å². The summed E-state index contributed by atoms with van der Waals surface area (Å²) in [6.45, 7) is 3.68. The Morgan fingerprint density at radius 2 is 1.62 bits per heavy atom. The fourth-order valence-electron chi connectivity index (χ4n) is 4.13. The van der Waals surface area contributed by atoms with Crippen molar-refractivity contribution < 1.29 is 9.47 Å². The van der Waals surface area contributed by atoms with Crippen LogP contribution in [0.15, 0.2) is 35.2 Å². The smallest absolute Gasteiger partial charge is 0.245 e. The van der Waals surface area contributed by atoms with Gasteiger partial charge in [0.15, 0.2) is 0 Å². The second-order valence-electron chi connectivity index (χ2n) is 6.24. The zero-order chi connectivity index (χ0) is 14.2. The van der Waals surface area contributed by atoms with E-state index >= 15 is 0 Å². The fourth-order valence-corrected chi connectivity index (χ4v) is 5.75. The molecule has 0 N–H and O–H groups in total. The molecule has 114 valence electrons. The van der Waals surface area contributed by atoms with Crippen molar-refractivity contribution in [3.63, 3.8) is 0 Å². The summed E-state index contributed by atoms with van der Waals surface area (Å²) in [6.07, 6.45) is 6.14. The minimum atomic E-state index is -0.484. The Labute approximate surface area is 131 Å². The van der Waals surface area contributed by atoms with Crippen LogP contribution in [0.1, 0.15) is 32.1 Å². The highest BCUT2D eigenvalue weighted by molar-refractivity contribution is 8.00. The summed E-state index contributed by atoms with van der Waals surface area (Å²) in [5.74, 6) is -0.484. The Kier molecular flexibility index (Phi) is 3.74. The van der Waals surface area contributed by atoms with Gasteiger partial charge in [0.2, 0.25) is 5.91 Å². The summed E-state index contributed by atoms with van der Waals surface area (Å²) in [4.78, 5) is 3.81. The third-order valence-corrected chi connectivity index (χ3v) is 6.56. The van der Waals surface area contributed by atoms with Crippen LogP contribution >= 0.6 is 11.8 Å². The summed E-state index contributed by atoms with van der Waals surface area (Å²) in [6, 6.07) is 10.8. The van der Waals surface area contributed by atoms with Gasteiger partial charge in [-0.15, -0.1) is 11.8 Å². The SMILES string of the molecule is c1ccc(S[C@@]23CCCCN(CCC2)C32OCCO2)cc1. The van der Waals surface area contributed by atoms with E-state index in [1.165, 1.54) is 37.0 Å². The minimum absolute atomic E-state index is 0.0413. The van der Waals surface area contributed by atoms with E-state index in [9.17, 15) is 0 Å². The highest BCUT2D eigenvalue weighted by Gasteiger charge is 2.62. The number of hydrogen-bond donors (Lipinski definition) is 0. The van der Waals surface area contributed by atoms with Crippen LogP contribution in [0.2, 0.25) is 0 Å². The lowest BCUT2D eigenvalue weighted by Gasteiger charge is -2.53. The average molecular weight is 305 g/mol. The predicted octanol–water partition coefficient (Wildman–Crippen LogP) is 3.50. The first kappa shape index (κ1) is 14.1. The molecule has 1 aromatic carbocycles. The van der Waals surface area contributed by atoms with Crippen molar-refractivity contribution >= 4 is 11.8 Å². The van der Waals surface area contributed by atoms with E-state index in [1.54, 1.807) is 0 Å². The Morgan fingerprint density at radius 3 is 2.43 bits per heavy atom. The summed E-state index contributed by atoms with van der Waals surface area (Å²) in [5.41, 5.74) is 0. The molecule has 0 saturated carbocycles. The van der Waals surface area contributed by atoms with Crippen molar-refractivity contribution in [2.24, 2.45) is 0 Å². The van der Waals surface area contributed by atoms with Crippen LogP contribution in [0.5, 0.6) is 0 Å². The van der Waals surface area contributed by atoms with Gasteiger partial charge in [-0.25, -0.2) is 0 Å². The number of ether oxygens (including phenoxy) is 2. The number of hydrogen-bond acceptors (Lipinski definition) is 4. The van der Waals surface area contributed by atoms with Gasteiger partial charge in [0.1, 0.15) is 0 Å². The maximum absolute atomic E-state index is 6.29. The lowest BCUT2D eigenvalue weighted by molar-refractivity contribution is -0.287. The number of rotatable bonds is 2. The molecule has 3 saturated heterocycles. The van der Waals surface area contributed by atoms with Gasteiger partial charge in [0, 0.05) is 18.0 Å². The molecule has 2 bridgehead atoms. The van der Waals surface area contributed by atoms with E-state index in [0.29, 0.717) is 0 Å². The van der Waals surface area contributed by atoms with Gasteiger partial charge in [-0.3, -0.25) is 4.90 Å². The monoisotopic (exact) mass is 305 g/mol. The van der Waals surface area contributed by atoms with Crippen molar-refractivity contribution in [3.05, 3.63) is 30.3 Å². The van der Waals surface area contributed by atoms with Gasteiger partial charge in [0.25, 0.3) is 0 Å². The second kappa shape index (κ2) is 5.58. The topological polar surface area (TPSA) is 21.7 Å². The first-order valence-electron chi connectivity index (χ1n) is 8.12. The number of nitrogens with zero attached hydrogens (tertiary/aromatic N) is 1. The van der Waals surface area contributed by atoms with Crippen LogP contribution in [-0.2, 0) is 9.47 Å². The van der Waals surface area contributed by atoms with Crippen molar-refractivity contribution in [3.8, 4) is 0 Å². The molecule has 4 rings (SSSR count). The van der Waals surface area contributed by atoms with E-state index in [1.807, 2.05) is 11.8 Å². The largest absolute Gasteiger partial charge is 0.334 e. The molecule has 3 nitrogen and oxygen atoms in total. The first-order valence-corrected chi connectivity index (χ1v) is 8.93. The van der Waals surface area contributed by atoms with Crippen molar-refractivity contribution in [1.82, 2.24) is 4.90 Å². The molecule has 21 heavy (non-hydrogen) atoms. The molecule has 0 aromatic heterocycles. The Bertz CT molecular complexity index is 489. The van der Waals surface area contributed by atoms with E-state index in [2.05, 4.69) is 35.2 Å². The summed E-state index contributed by atoms with van der Waals surface area (Å²) in [7, 11) is 0. The highest BCUT2D eigenvalue weighted by Crippen LogP contribution is 2.56. The first-order chi connectivity index (χ1) is 10.3. The van der Waals surface area contributed by atoms with E-state index < -0.39 is 5.91 Å². The Hall–Kier alpha value is -0.550. The zero-order valence-corrected chi connectivity index (χ0v) is 13.2. The zero-order valence-electron chi connectivity index (χ0n) is 12.4. The van der Waals surface area contributed by atoms with Gasteiger partial charge >= 0.3 is 0 Å². The van der Waals surface area contributed by atoms with E-state index in [4.69, 9.17) is 9.47 Å². The molecule has 1 spiro atoms. The Balaban J connectivity index is 1.74. The maximum atomic E-state index is 6.29. The minimum Gasteiger partial charge on any atom is -0.334 e. The van der Waals surface area contributed by atoms with Gasteiger partial charge in [-0.1, -0.05) is 24.6 Å². The van der Waals surface area contributed by atoms with Crippen molar-refractivity contribution in [2.45, 2.75) is 47.7 Å². The molecule has 0 aliphatic carbocycles. The third kappa shape index (κ3) is 2.24. The summed E-state index contributed by atoms with van der Waals surface area (Å²) < 4.78 is 12.6. The average Bonchev–Trinajstić information content (AvgIpc) is 2.97. The van der Waals surface area contributed by atoms with E-state index in [-0.39, 0.29) is 4.75 Å². The molecule has 0 radical (unpaired) electrons. The number of benzene rings is 1. The summed E-state index contributed by atoms with van der Waals surface area (Å²) >= 11 is 1.98. The maximum Gasteiger partial charge on any atom is 0.245 e. The third-order valence-electron chi connectivity index (χ3n) is 4.99. The van der Waals surface area contributed by atoms with Crippen LogP contribution in [0.25, 0.3) is 0 Å². The number of piperidine rings is 1. The van der Waals surface area contributed by atoms with E-state index in [0.717, 1.165) is 26.3 Å². The molecule has 3 fully saturated rings. The molecule has 1 unspecified atom stereocenters. The highest BCUT2D eigenvalue weighted by atomic mass is 32.2. The molecule has 2 atom stereocenters. The Morgan fingerprint density at radius 1 is 0.905 bits per heavy atom. The lowest BCUT2D eigenvalue weighted by Crippen LogP contribution is -2.65. The van der Waals surface area contributed by atoms with Crippen molar-refractivity contribution in [2.75, 3.05) is 26.3 Å². The molecule has 0 amide bonds. The van der Waals surface area contributed by atoms with Crippen LogP contribution in [0.4, 0.5) is 0 Å². The lowest BCUT2D eigenvalue weighted by atomic mass is 9.89. The predicted molar refractivity (Wildman–Crippen MR) is 84.3 cm³/mol. The van der Waals surface area contributed by atoms with Crippen LogP contribution in [-0.4, -0.2) is 41.9 Å². The summed E-state index contributed by atoms with van der Waals surface area (Å²) in [5, 5.41) is 0. The molecular weight excluding hydrogens is 282 g/mol. The second-order valence-corrected chi connectivity index (χ2v) is 7.69. The molecule has 4 heteroatoms. The van der Waals surface area contributed by atoms with Gasteiger partial charge < -0.3 is 9.47 Å². The standard InChI is InChI=1S/C17H23NO2S/c1-2-7-15(8-3-1)21-16-9-4-5-11-18(12-6-10-16)17(16)19-13-14-20-17/h1-3,7-8H,4-6,9-14H2/t16-/m0/s1. The molecular formula is C17H23NO2S. The quantitative estimate of drug-likeness (QED) is 0.833. The fraction of sp³-hybridized carbons (Fsp3) is 0.647.